The number of hydrogen-bond donors (Lipinski definition) is 1. The summed E-state index contributed by atoms with van der Waals surface area (Å²) >= 11 is 0. The van der Waals surface area contributed by atoms with E-state index in [-0.39, 0.29) is 6.61 Å². The van der Waals surface area contributed by atoms with Gasteiger partial charge < -0.3 is 19.5 Å². The van der Waals surface area contributed by atoms with Crippen molar-refractivity contribution in [3.63, 3.8) is 0 Å². The number of methoxy groups -OCH3 is 1. The molecular formula is C21H26N4O3. The van der Waals surface area contributed by atoms with Gasteiger partial charge in [0.05, 0.1) is 32.0 Å². The molecule has 28 heavy (non-hydrogen) atoms. The van der Waals surface area contributed by atoms with Crippen molar-refractivity contribution < 1.29 is 14.6 Å². The van der Waals surface area contributed by atoms with Crippen LogP contribution in [-0.2, 0) is 11.3 Å². The van der Waals surface area contributed by atoms with Crippen LogP contribution in [0.25, 0.3) is 0 Å². The molecule has 0 spiro atoms. The quantitative estimate of drug-likeness (QED) is 0.743. The van der Waals surface area contributed by atoms with Gasteiger partial charge in [-0.05, 0) is 18.2 Å². The van der Waals surface area contributed by atoms with Crippen LogP contribution in [0.1, 0.15) is 11.1 Å². The lowest BCUT2D eigenvalue weighted by atomic mass is 10.2. The smallest absolute Gasteiger partial charge is 0.146 e. The van der Waals surface area contributed by atoms with Gasteiger partial charge in [0.25, 0.3) is 0 Å². The first-order valence-corrected chi connectivity index (χ1v) is 9.41. The fourth-order valence-corrected chi connectivity index (χ4v) is 3.36. The molecule has 7 nitrogen and oxygen atoms in total. The number of nitrogens with zero attached hydrogens (tertiary/aromatic N) is 4. The SMILES string of the molecule is COc1ccccc1COCC(O)CN1CCN(c2ncccc2C#N)CC1. The summed E-state index contributed by atoms with van der Waals surface area (Å²) in [5.41, 5.74) is 1.56. The fraction of sp³-hybridized carbons (Fsp3) is 0.429. The van der Waals surface area contributed by atoms with Crippen molar-refractivity contribution in [2.24, 2.45) is 0 Å². The third-order valence-corrected chi connectivity index (χ3v) is 4.81. The first-order valence-electron chi connectivity index (χ1n) is 9.41. The number of hydrogen-bond acceptors (Lipinski definition) is 7. The number of β-amino-alcohol motifs (C(OH)–C–C–N with tert-alkyl or cyclic N) is 1. The summed E-state index contributed by atoms with van der Waals surface area (Å²) in [4.78, 5) is 8.68. The molecule has 0 bridgehead atoms. The number of piperazine rings is 1. The number of rotatable bonds is 8. The first-order chi connectivity index (χ1) is 13.7. The Hall–Kier alpha value is -2.66. The first kappa shape index (κ1) is 20.1. The minimum absolute atomic E-state index is 0.275. The maximum absolute atomic E-state index is 10.3. The minimum Gasteiger partial charge on any atom is -0.496 e. The zero-order valence-corrected chi connectivity index (χ0v) is 16.1. The molecule has 0 saturated carbocycles. The molecule has 1 saturated heterocycles. The maximum Gasteiger partial charge on any atom is 0.146 e. The molecule has 1 aliphatic heterocycles. The molecule has 0 amide bonds. The van der Waals surface area contributed by atoms with E-state index in [9.17, 15) is 10.4 Å². The predicted molar refractivity (Wildman–Crippen MR) is 106 cm³/mol. The number of nitriles is 1. The molecule has 1 N–H and O–H groups in total. The normalized spacial score (nSPS) is 15.8. The van der Waals surface area contributed by atoms with Crippen LogP contribution in [0.4, 0.5) is 5.82 Å². The van der Waals surface area contributed by atoms with Crippen LogP contribution in [0.5, 0.6) is 5.75 Å². The molecule has 148 valence electrons. The lowest BCUT2D eigenvalue weighted by Crippen LogP contribution is -2.49. The van der Waals surface area contributed by atoms with Gasteiger partial charge in [-0.3, -0.25) is 4.90 Å². The summed E-state index contributed by atoms with van der Waals surface area (Å²) in [7, 11) is 1.64. The standard InChI is InChI=1S/C21H26N4O3/c1-27-20-7-3-2-5-18(20)15-28-16-19(26)14-24-9-11-25(12-10-24)21-17(13-22)6-4-8-23-21/h2-8,19,26H,9-12,14-16H2,1H3. The number of aliphatic hydroxyl groups excluding tert-OH is 1. The van der Waals surface area contributed by atoms with Crippen LogP contribution in [0, 0.1) is 11.3 Å². The molecule has 0 aliphatic carbocycles. The van der Waals surface area contributed by atoms with E-state index in [1.54, 1.807) is 25.4 Å². The summed E-state index contributed by atoms with van der Waals surface area (Å²) in [6.07, 6.45) is 1.16. The van der Waals surface area contributed by atoms with E-state index in [4.69, 9.17) is 9.47 Å². The van der Waals surface area contributed by atoms with E-state index in [0.29, 0.717) is 18.7 Å². The molecule has 1 aromatic heterocycles. The van der Waals surface area contributed by atoms with E-state index in [0.717, 1.165) is 43.3 Å². The highest BCUT2D eigenvalue weighted by atomic mass is 16.5. The van der Waals surface area contributed by atoms with Crippen LogP contribution in [0.3, 0.4) is 0 Å². The Morgan fingerprint density at radius 3 is 2.71 bits per heavy atom. The Balaban J connectivity index is 1.41. The van der Waals surface area contributed by atoms with Gasteiger partial charge in [0.15, 0.2) is 0 Å². The Morgan fingerprint density at radius 1 is 1.18 bits per heavy atom. The average Bonchev–Trinajstić information content (AvgIpc) is 2.74. The molecule has 1 atom stereocenters. The Labute approximate surface area is 165 Å². The van der Waals surface area contributed by atoms with Crippen molar-refractivity contribution in [1.82, 2.24) is 9.88 Å². The third-order valence-electron chi connectivity index (χ3n) is 4.81. The number of benzene rings is 1. The number of anilines is 1. The lowest BCUT2D eigenvalue weighted by Gasteiger charge is -2.36. The van der Waals surface area contributed by atoms with E-state index in [1.165, 1.54) is 0 Å². The second-order valence-corrected chi connectivity index (χ2v) is 6.75. The average molecular weight is 382 g/mol. The molecule has 1 unspecified atom stereocenters. The summed E-state index contributed by atoms with van der Waals surface area (Å²) in [6.45, 7) is 4.42. The van der Waals surface area contributed by atoms with Crippen LogP contribution in [-0.4, -0.2) is 67.5 Å². The van der Waals surface area contributed by atoms with Crippen molar-refractivity contribution in [1.29, 1.82) is 5.26 Å². The Kier molecular flexibility index (Phi) is 7.20. The molecule has 1 aliphatic rings. The van der Waals surface area contributed by atoms with Crippen LogP contribution in [0.2, 0.25) is 0 Å². The fourth-order valence-electron chi connectivity index (χ4n) is 3.36. The molecular weight excluding hydrogens is 356 g/mol. The number of ether oxygens (including phenoxy) is 2. The number of pyridine rings is 1. The summed E-state index contributed by atoms with van der Waals surface area (Å²) in [5.74, 6) is 1.53. The van der Waals surface area contributed by atoms with Crippen molar-refractivity contribution in [2.75, 3.05) is 51.3 Å². The summed E-state index contributed by atoms with van der Waals surface area (Å²) in [6, 6.07) is 13.5. The van der Waals surface area contributed by atoms with Crippen molar-refractivity contribution in [2.45, 2.75) is 12.7 Å². The predicted octanol–water partition coefficient (Wildman–Crippen LogP) is 1.66. The topological polar surface area (TPSA) is 81.8 Å². The molecule has 1 aromatic carbocycles. The van der Waals surface area contributed by atoms with Gasteiger partial charge in [0.2, 0.25) is 0 Å². The van der Waals surface area contributed by atoms with E-state index < -0.39 is 6.10 Å². The number of aliphatic hydroxyl groups is 1. The summed E-state index contributed by atoms with van der Waals surface area (Å²) in [5, 5.41) is 19.5. The van der Waals surface area contributed by atoms with Crippen molar-refractivity contribution >= 4 is 5.82 Å². The molecule has 2 aromatic rings. The van der Waals surface area contributed by atoms with Crippen LogP contribution >= 0.6 is 0 Å². The zero-order valence-electron chi connectivity index (χ0n) is 16.1. The minimum atomic E-state index is -0.550. The van der Waals surface area contributed by atoms with E-state index in [2.05, 4.69) is 20.9 Å². The van der Waals surface area contributed by atoms with Gasteiger partial charge in [-0.25, -0.2) is 4.98 Å². The largest absolute Gasteiger partial charge is 0.496 e. The van der Waals surface area contributed by atoms with E-state index >= 15 is 0 Å². The van der Waals surface area contributed by atoms with E-state index in [1.807, 2.05) is 24.3 Å². The highest BCUT2D eigenvalue weighted by molar-refractivity contribution is 5.53. The molecule has 3 rings (SSSR count). The Morgan fingerprint density at radius 2 is 1.96 bits per heavy atom. The van der Waals surface area contributed by atoms with Crippen molar-refractivity contribution in [3.8, 4) is 11.8 Å². The highest BCUT2D eigenvalue weighted by Gasteiger charge is 2.21. The number of para-hydroxylation sites is 1. The van der Waals surface area contributed by atoms with Gasteiger partial charge in [0.1, 0.15) is 17.6 Å². The zero-order chi connectivity index (χ0) is 19.8. The Bertz CT molecular complexity index is 800. The molecule has 0 radical (unpaired) electrons. The van der Waals surface area contributed by atoms with Gasteiger partial charge in [-0.15, -0.1) is 0 Å². The van der Waals surface area contributed by atoms with Gasteiger partial charge in [-0.1, -0.05) is 18.2 Å². The van der Waals surface area contributed by atoms with Crippen LogP contribution < -0.4 is 9.64 Å². The van der Waals surface area contributed by atoms with Crippen molar-refractivity contribution in [3.05, 3.63) is 53.7 Å². The van der Waals surface area contributed by atoms with Gasteiger partial charge >= 0.3 is 0 Å². The molecule has 1 fully saturated rings. The number of aromatic nitrogens is 1. The highest BCUT2D eigenvalue weighted by Crippen LogP contribution is 2.19. The third kappa shape index (κ3) is 5.20. The monoisotopic (exact) mass is 382 g/mol. The second-order valence-electron chi connectivity index (χ2n) is 6.75. The molecule has 2 heterocycles. The lowest BCUT2D eigenvalue weighted by molar-refractivity contribution is 0.00864. The second kappa shape index (κ2) is 10.0. The van der Waals surface area contributed by atoms with Gasteiger partial charge in [-0.2, -0.15) is 5.26 Å². The van der Waals surface area contributed by atoms with Crippen LogP contribution in [0.15, 0.2) is 42.6 Å². The van der Waals surface area contributed by atoms with Gasteiger partial charge in [0, 0.05) is 44.5 Å². The molecule has 7 heteroatoms. The maximum atomic E-state index is 10.3. The summed E-state index contributed by atoms with van der Waals surface area (Å²) < 4.78 is 11.0.